The number of carbonyl (C=O) groups is 2. The van der Waals surface area contributed by atoms with Gasteiger partial charge in [0.25, 0.3) is 0 Å². The lowest BCUT2D eigenvalue weighted by Gasteiger charge is -2.36. The maximum absolute atomic E-state index is 12.1. The molecule has 8 nitrogen and oxygen atoms in total. The lowest BCUT2D eigenvalue weighted by atomic mass is 10.0. The molecule has 1 fully saturated rings. The lowest BCUT2D eigenvalue weighted by Crippen LogP contribution is -2.31. The number of carbonyl (C=O) groups excluding carboxylic acids is 1. The number of aromatic nitrogens is 1. The number of nitrogens with one attached hydrogen (secondary N) is 1. The maximum atomic E-state index is 12.1. The molecule has 2 heterocycles. The Morgan fingerprint density at radius 3 is 2.38 bits per heavy atom. The Kier molecular flexibility index (Phi) is 10.6. The zero-order valence-electron chi connectivity index (χ0n) is 23.1. The molecule has 1 saturated heterocycles. The van der Waals surface area contributed by atoms with Gasteiger partial charge in [-0.05, 0) is 41.7 Å². The summed E-state index contributed by atoms with van der Waals surface area (Å²) in [5, 5.41) is 21.1. The van der Waals surface area contributed by atoms with Crippen molar-refractivity contribution in [3.05, 3.63) is 95.1 Å². The number of aliphatic carboxylic acids is 1. The topological polar surface area (TPSA) is 118 Å². The van der Waals surface area contributed by atoms with Crippen LogP contribution in [-0.4, -0.2) is 38.9 Å². The van der Waals surface area contributed by atoms with Gasteiger partial charge in [-0.15, -0.1) is 11.3 Å². The summed E-state index contributed by atoms with van der Waals surface area (Å²) in [4.78, 5) is 27.5. The molecule has 0 bridgehead atoms. The van der Waals surface area contributed by atoms with Gasteiger partial charge >= 0.3 is 5.97 Å². The summed E-state index contributed by atoms with van der Waals surface area (Å²) in [7, 11) is 0. The van der Waals surface area contributed by atoms with E-state index < -0.39 is 12.3 Å². The first-order valence-electron chi connectivity index (χ1n) is 14.0. The first kappa shape index (κ1) is 30.2. The first-order valence-corrected chi connectivity index (χ1v) is 15.8. The Hall–Kier alpha value is -3.28. The van der Waals surface area contributed by atoms with Gasteiger partial charge in [-0.2, -0.15) is 0 Å². The smallest absolute Gasteiger partial charge is 0.303 e. The van der Waals surface area contributed by atoms with E-state index in [0.29, 0.717) is 32.2 Å². The Labute approximate surface area is 253 Å². The van der Waals surface area contributed by atoms with Gasteiger partial charge in [0.2, 0.25) is 5.91 Å². The van der Waals surface area contributed by atoms with Crippen LogP contribution in [0.1, 0.15) is 66.8 Å². The molecule has 42 heavy (non-hydrogen) atoms. The monoisotopic (exact) mass is 606 g/mol. The number of thioether (sulfide) groups is 1. The van der Waals surface area contributed by atoms with E-state index >= 15 is 0 Å². The number of carboxylic acid groups (broad SMARTS) is 1. The molecule has 220 valence electrons. The SMILES string of the molecule is O=C(O)CCCCC(=O)NCc1ccc(C2OC(CSc3nc4ccccc4s3)CC(c3ccc(CO)cc3)O2)cc1. The average Bonchev–Trinajstić information content (AvgIpc) is 3.44. The van der Waals surface area contributed by atoms with E-state index in [9.17, 15) is 14.7 Å². The Bertz CT molecular complexity index is 1440. The molecule has 1 aromatic heterocycles. The number of rotatable bonds is 13. The fourth-order valence-electron chi connectivity index (χ4n) is 4.74. The standard InChI is InChI=1S/C32H34N2O6S2/c35-19-22-11-13-23(14-12-22)27-17-25(20-41-32-34-26-5-1-2-6-28(26)42-32)39-31(40-27)24-15-9-21(10-16-24)18-33-29(36)7-3-4-8-30(37)38/h1-2,5-6,9-16,25,27,31,35H,3-4,7-8,17-20H2,(H,33,36)(H,37,38). The molecule has 3 atom stereocenters. The van der Waals surface area contributed by atoms with Crippen LogP contribution in [0.25, 0.3) is 10.2 Å². The van der Waals surface area contributed by atoms with Crippen molar-refractivity contribution in [3.8, 4) is 0 Å². The number of aliphatic hydroxyl groups is 1. The molecular formula is C32H34N2O6S2. The maximum Gasteiger partial charge on any atom is 0.303 e. The van der Waals surface area contributed by atoms with Crippen LogP contribution in [0, 0.1) is 0 Å². The van der Waals surface area contributed by atoms with Gasteiger partial charge in [0.15, 0.2) is 10.6 Å². The van der Waals surface area contributed by atoms with E-state index in [-0.39, 0.29) is 31.1 Å². The molecule has 1 aliphatic rings. The summed E-state index contributed by atoms with van der Waals surface area (Å²) in [6.45, 7) is 0.391. The highest BCUT2D eigenvalue weighted by Gasteiger charge is 2.32. The third-order valence-corrected chi connectivity index (χ3v) is 9.38. The largest absolute Gasteiger partial charge is 0.481 e. The van der Waals surface area contributed by atoms with Crippen molar-refractivity contribution in [2.24, 2.45) is 0 Å². The summed E-state index contributed by atoms with van der Waals surface area (Å²) in [5.41, 5.74) is 4.75. The molecule has 3 N–H and O–H groups in total. The van der Waals surface area contributed by atoms with Crippen LogP contribution >= 0.6 is 23.1 Å². The number of hydrogen-bond acceptors (Lipinski definition) is 8. The minimum absolute atomic E-state index is 0.00347. The molecule has 0 saturated carbocycles. The summed E-state index contributed by atoms with van der Waals surface area (Å²) in [5.74, 6) is -0.195. The van der Waals surface area contributed by atoms with E-state index in [1.165, 1.54) is 4.70 Å². The Morgan fingerprint density at radius 2 is 1.64 bits per heavy atom. The highest BCUT2D eigenvalue weighted by molar-refractivity contribution is 8.01. The zero-order valence-corrected chi connectivity index (χ0v) is 24.7. The van der Waals surface area contributed by atoms with Crippen molar-refractivity contribution in [2.45, 2.75) is 68.1 Å². The number of benzene rings is 3. The van der Waals surface area contributed by atoms with Gasteiger partial charge in [0.1, 0.15) is 0 Å². The van der Waals surface area contributed by atoms with Crippen molar-refractivity contribution in [3.63, 3.8) is 0 Å². The first-order chi connectivity index (χ1) is 20.5. The number of nitrogens with zero attached hydrogens (tertiary/aromatic N) is 1. The van der Waals surface area contributed by atoms with Crippen LogP contribution in [0.5, 0.6) is 0 Å². The van der Waals surface area contributed by atoms with E-state index in [1.807, 2.05) is 66.7 Å². The third-order valence-electron chi connectivity index (χ3n) is 7.07. The normalized spacial score (nSPS) is 18.6. The molecule has 5 rings (SSSR count). The van der Waals surface area contributed by atoms with Crippen LogP contribution in [0.4, 0.5) is 0 Å². The molecule has 4 aromatic rings. The van der Waals surface area contributed by atoms with E-state index in [0.717, 1.165) is 37.9 Å². The molecular weight excluding hydrogens is 572 g/mol. The van der Waals surface area contributed by atoms with Gasteiger partial charge in [0, 0.05) is 37.1 Å². The number of aliphatic hydroxyl groups excluding tert-OH is 1. The number of amides is 1. The molecule has 10 heteroatoms. The highest BCUT2D eigenvalue weighted by Crippen LogP contribution is 2.40. The van der Waals surface area contributed by atoms with Crippen LogP contribution < -0.4 is 5.32 Å². The van der Waals surface area contributed by atoms with E-state index in [4.69, 9.17) is 19.6 Å². The number of fused-ring (bicyclic) bond motifs is 1. The van der Waals surface area contributed by atoms with Crippen molar-refractivity contribution >= 4 is 45.2 Å². The van der Waals surface area contributed by atoms with Crippen LogP contribution in [0.2, 0.25) is 0 Å². The second-order valence-corrected chi connectivity index (χ2v) is 12.5. The van der Waals surface area contributed by atoms with Crippen molar-refractivity contribution in [1.82, 2.24) is 10.3 Å². The molecule has 3 unspecified atom stereocenters. The summed E-state index contributed by atoms with van der Waals surface area (Å²) in [6, 6.07) is 23.8. The molecule has 1 aliphatic heterocycles. The number of thiazole rings is 1. The van der Waals surface area contributed by atoms with Gasteiger partial charge in [-0.3, -0.25) is 9.59 Å². The fraction of sp³-hybridized carbons (Fsp3) is 0.344. The zero-order chi connectivity index (χ0) is 29.3. The molecule has 0 aliphatic carbocycles. The molecule has 0 spiro atoms. The quantitative estimate of drug-likeness (QED) is 0.118. The van der Waals surface area contributed by atoms with E-state index in [1.54, 1.807) is 23.1 Å². The van der Waals surface area contributed by atoms with Gasteiger partial charge in [0.05, 0.1) is 29.0 Å². The van der Waals surface area contributed by atoms with Gasteiger partial charge in [-0.25, -0.2) is 4.98 Å². The number of para-hydroxylation sites is 1. The second-order valence-electron chi connectivity index (χ2n) is 10.2. The van der Waals surface area contributed by atoms with Crippen molar-refractivity contribution < 1.29 is 29.3 Å². The van der Waals surface area contributed by atoms with Crippen LogP contribution in [0.3, 0.4) is 0 Å². The van der Waals surface area contributed by atoms with Crippen LogP contribution in [0.15, 0.2) is 77.1 Å². The second kappa shape index (κ2) is 14.8. The minimum Gasteiger partial charge on any atom is -0.481 e. The van der Waals surface area contributed by atoms with Gasteiger partial charge in [-0.1, -0.05) is 72.4 Å². The lowest BCUT2D eigenvalue weighted by molar-refractivity contribution is -0.245. The molecule has 0 radical (unpaired) electrons. The predicted molar refractivity (Wildman–Crippen MR) is 163 cm³/mol. The Balaban J connectivity index is 1.22. The summed E-state index contributed by atoms with van der Waals surface area (Å²) in [6.07, 6.45) is 1.34. The molecule has 1 amide bonds. The summed E-state index contributed by atoms with van der Waals surface area (Å²) < 4.78 is 15.1. The third kappa shape index (κ3) is 8.39. The predicted octanol–water partition coefficient (Wildman–Crippen LogP) is 6.39. The summed E-state index contributed by atoms with van der Waals surface area (Å²) >= 11 is 3.38. The average molecular weight is 607 g/mol. The fourth-order valence-corrected chi connectivity index (χ4v) is 6.86. The minimum atomic E-state index is -0.842. The van der Waals surface area contributed by atoms with Crippen molar-refractivity contribution in [2.75, 3.05) is 5.75 Å². The van der Waals surface area contributed by atoms with Gasteiger partial charge < -0.3 is 25.0 Å². The number of ether oxygens (including phenoxy) is 2. The molecule has 3 aromatic carbocycles. The number of hydrogen-bond donors (Lipinski definition) is 3. The number of unbranched alkanes of at least 4 members (excludes halogenated alkanes) is 1. The number of carboxylic acids is 1. The highest BCUT2D eigenvalue weighted by atomic mass is 32.2. The van der Waals surface area contributed by atoms with Crippen molar-refractivity contribution in [1.29, 1.82) is 0 Å². The Morgan fingerprint density at radius 1 is 0.929 bits per heavy atom. The van der Waals surface area contributed by atoms with E-state index in [2.05, 4.69) is 11.4 Å². The van der Waals surface area contributed by atoms with Crippen LogP contribution in [-0.2, 0) is 32.2 Å².